The molecular formula is C16H22N2O2. The molecule has 1 fully saturated rings. The summed E-state index contributed by atoms with van der Waals surface area (Å²) >= 11 is 0. The third-order valence-corrected chi connectivity index (χ3v) is 3.32. The number of rotatable bonds is 7. The van der Waals surface area contributed by atoms with E-state index in [-0.39, 0.29) is 5.91 Å². The molecule has 0 saturated carbocycles. The van der Waals surface area contributed by atoms with Crippen LogP contribution in [0, 0.1) is 0 Å². The van der Waals surface area contributed by atoms with Crippen molar-refractivity contribution in [2.24, 2.45) is 0 Å². The average molecular weight is 274 g/mol. The molecule has 1 heterocycles. The van der Waals surface area contributed by atoms with Crippen LogP contribution in [0.15, 0.2) is 36.4 Å². The molecular weight excluding hydrogens is 252 g/mol. The van der Waals surface area contributed by atoms with Crippen molar-refractivity contribution in [2.45, 2.75) is 32.6 Å². The van der Waals surface area contributed by atoms with E-state index in [0.717, 1.165) is 24.5 Å². The Hall–Kier alpha value is -1.97. The molecule has 1 aliphatic rings. The van der Waals surface area contributed by atoms with Gasteiger partial charge in [0.15, 0.2) is 0 Å². The Morgan fingerprint density at radius 1 is 1.25 bits per heavy atom. The van der Waals surface area contributed by atoms with Crippen molar-refractivity contribution in [1.82, 2.24) is 5.43 Å². The summed E-state index contributed by atoms with van der Waals surface area (Å²) in [5.41, 5.74) is 4.28. The minimum Gasteiger partial charge on any atom is -0.494 e. The van der Waals surface area contributed by atoms with E-state index >= 15 is 0 Å². The van der Waals surface area contributed by atoms with E-state index in [9.17, 15) is 4.79 Å². The van der Waals surface area contributed by atoms with E-state index in [2.05, 4.69) is 18.9 Å². The minimum absolute atomic E-state index is 0.110. The molecule has 1 aromatic carbocycles. The number of nitrogens with zero attached hydrogens (tertiary/aromatic N) is 1. The molecule has 0 spiro atoms. The highest BCUT2D eigenvalue weighted by molar-refractivity contribution is 5.97. The van der Waals surface area contributed by atoms with Crippen molar-refractivity contribution < 1.29 is 9.53 Å². The predicted molar refractivity (Wildman–Crippen MR) is 80.7 cm³/mol. The zero-order valence-corrected chi connectivity index (χ0v) is 12.0. The number of ether oxygens (including phenoxy) is 1. The van der Waals surface area contributed by atoms with Crippen molar-refractivity contribution in [3.05, 3.63) is 36.4 Å². The summed E-state index contributed by atoms with van der Waals surface area (Å²) in [5, 5.41) is 1.79. The quantitative estimate of drug-likeness (QED) is 0.614. The molecule has 0 aliphatic carbocycles. The SMILES string of the molecule is C=C1CN(c2ccc(OCCCCCC)cc2)NC1=O. The fraction of sp³-hybridized carbons (Fsp3) is 0.438. The highest BCUT2D eigenvalue weighted by Crippen LogP contribution is 2.21. The van der Waals surface area contributed by atoms with Crippen LogP contribution in [0.1, 0.15) is 32.6 Å². The zero-order chi connectivity index (χ0) is 14.4. The molecule has 0 unspecified atom stereocenters. The smallest absolute Gasteiger partial charge is 0.267 e. The molecule has 4 heteroatoms. The molecule has 1 amide bonds. The Bertz CT molecular complexity index is 452. The second-order valence-corrected chi connectivity index (χ2v) is 5.03. The van der Waals surface area contributed by atoms with Gasteiger partial charge in [0.05, 0.1) is 18.8 Å². The largest absolute Gasteiger partial charge is 0.494 e. The lowest BCUT2D eigenvalue weighted by atomic mass is 10.2. The zero-order valence-electron chi connectivity index (χ0n) is 12.0. The van der Waals surface area contributed by atoms with Gasteiger partial charge < -0.3 is 4.74 Å². The van der Waals surface area contributed by atoms with E-state index in [0.29, 0.717) is 12.1 Å². The topological polar surface area (TPSA) is 41.6 Å². The van der Waals surface area contributed by atoms with E-state index in [1.165, 1.54) is 19.3 Å². The van der Waals surface area contributed by atoms with Gasteiger partial charge in [0, 0.05) is 5.57 Å². The number of hydrogen-bond acceptors (Lipinski definition) is 3. The van der Waals surface area contributed by atoms with Crippen LogP contribution in [0.25, 0.3) is 0 Å². The van der Waals surface area contributed by atoms with Gasteiger partial charge in [0.1, 0.15) is 5.75 Å². The summed E-state index contributed by atoms with van der Waals surface area (Å²) in [6.07, 6.45) is 4.82. The Kier molecular flexibility index (Phi) is 5.04. The van der Waals surface area contributed by atoms with Gasteiger partial charge in [-0.2, -0.15) is 0 Å². The Balaban J connectivity index is 1.81. The molecule has 1 N–H and O–H groups in total. The second-order valence-electron chi connectivity index (χ2n) is 5.03. The van der Waals surface area contributed by atoms with E-state index in [1.807, 2.05) is 24.3 Å². The second kappa shape index (κ2) is 6.98. The third kappa shape index (κ3) is 3.76. The van der Waals surface area contributed by atoms with E-state index < -0.39 is 0 Å². The monoisotopic (exact) mass is 274 g/mol. The Morgan fingerprint density at radius 3 is 2.60 bits per heavy atom. The Labute approximate surface area is 120 Å². The number of hydrogen-bond donors (Lipinski definition) is 1. The molecule has 1 aromatic rings. The van der Waals surface area contributed by atoms with Crippen molar-refractivity contribution >= 4 is 11.6 Å². The van der Waals surface area contributed by atoms with E-state index in [4.69, 9.17) is 4.74 Å². The Morgan fingerprint density at radius 2 is 2.00 bits per heavy atom. The van der Waals surface area contributed by atoms with Crippen LogP contribution in [0.3, 0.4) is 0 Å². The number of amides is 1. The molecule has 0 atom stereocenters. The van der Waals surface area contributed by atoms with E-state index in [1.54, 1.807) is 5.01 Å². The number of benzene rings is 1. The van der Waals surface area contributed by atoms with Gasteiger partial charge in [0.25, 0.3) is 5.91 Å². The molecule has 108 valence electrons. The average Bonchev–Trinajstić information content (AvgIpc) is 2.79. The van der Waals surface area contributed by atoms with Crippen molar-refractivity contribution in [2.75, 3.05) is 18.2 Å². The number of nitrogens with one attached hydrogen (secondary N) is 1. The normalized spacial score (nSPS) is 14.6. The summed E-state index contributed by atoms with van der Waals surface area (Å²) < 4.78 is 5.69. The van der Waals surface area contributed by atoms with Gasteiger partial charge in [-0.3, -0.25) is 15.2 Å². The van der Waals surface area contributed by atoms with Crippen LogP contribution >= 0.6 is 0 Å². The standard InChI is InChI=1S/C16H22N2O2/c1-3-4-5-6-11-20-15-9-7-14(8-10-15)18-12-13(2)16(19)17-18/h7-10H,2-6,11-12H2,1H3,(H,17,19). The molecule has 4 nitrogen and oxygen atoms in total. The molecule has 0 bridgehead atoms. The predicted octanol–water partition coefficient (Wildman–Crippen LogP) is 3.05. The maximum Gasteiger partial charge on any atom is 0.267 e. The van der Waals surface area contributed by atoms with Gasteiger partial charge >= 0.3 is 0 Å². The number of anilines is 1. The van der Waals surface area contributed by atoms with Crippen molar-refractivity contribution in [3.8, 4) is 5.75 Å². The first-order valence-corrected chi connectivity index (χ1v) is 7.20. The first kappa shape index (κ1) is 14.4. The number of carbonyl (C=O) groups is 1. The van der Waals surface area contributed by atoms with Crippen LogP contribution in [0.5, 0.6) is 5.75 Å². The first-order valence-electron chi connectivity index (χ1n) is 7.20. The minimum atomic E-state index is -0.110. The van der Waals surface area contributed by atoms with Crippen LogP contribution in [0.2, 0.25) is 0 Å². The maximum atomic E-state index is 11.4. The lowest BCUT2D eigenvalue weighted by molar-refractivity contribution is -0.116. The number of hydrazine groups is 1. The van der Waals surface area contributed by atoms with Crippen molar-refractivity contribution in [1.29, 1.82) is 0 Å². The molecule has 0 aromatic heterocycles. The summed E-state index contributed by atoms with van der Waals surface area (Å²) in [7, 11) is 0. The molecule has 1 aliphatic heterocycles. The fourth-order valence-corrected chi connectivity index (χ4v) is 2.10. The summed E-state index contributed by atoms with van der Waals surface area (Å²) in [4.78, 5) is 11.4. The number of carbonyl (C=O) groups excluding carboxylic acids is 1. The van der Waals surface area contributed by atoms with Gasteiger partial charge in [-0.25, -0.2) is 0 Å². The van der Waals surface area contributed by atoms with Gasteiger partial charge in [-0.05, 0) is 30.7 Å². The highest BCUT2D eigenvalue weighted by atomic mass is 16.5. The van der Waals surface area contributed by atoms with Crippen LogP contribution in [-0.4, -0.2) is 19.1 Å². The van der Waals surface area contributed by atoms with Gasteiger partial charge in [-0.1, -0.05) is 32.8 Å². The van der Waals surface area contributed by atoms with Crippen LogP contribution < -0.4 is 15.2 Å². The molecule has 20 heavy (non-hydrogen) atoms. The highest BCUT2D eigenvalue weighted by Gasteiger charge is 2.22. The van der Waals surface area contributed by atoms with Gasteiger partial charge in [-0.15, -0.1) is 0 Å². The third-order valence-electron chi connectivity index (χ3n) is 3.32. The summed E-state index contributed by atoms with van der Waals surface area (Å²) in [6, 6.07) is 7.76. The lowest BCUT2D eigenvalue weighted by Crippen LogP contribution is -2.32. The van der Waals surface area contributed by atoms with Crippen molar-refractivity contribution in [3.63, 3.8) is 0 Å². The fourth-order valence-electron chi connectivity index (χ4n) is 2.10. The first-order chi connectivity index (χ1) is 9.70. The lowest BCUT2D eigenvalue weighted by Gasteiger charge is -2.17. The molecule has 2 rings (SSSR count). The van der Waals surface area contributed by atoms with Crippen LogP contribution in [0.4, 0.5) is 5.69 Å². The summed E-state index contributed by atoms with van der Waals surface area (Å²) in [6.45, 7) is 7.20. The molecule has 1 saturated heterocycles. The van der Waals surface area contributed by atoms with Crippen LogP contribution in [-0.2, 0) is 4.79 Å². The molecule has 0 radical (unpaired) electrons. The summed E-state index contributed by atoms with van der Waals surface area (Å²) in [5.74, 6) is 0.760. The maximum absolute atomic E-state index is 11.4. The number of unbranched alkanes of at least 4 members (excludes halogenated alkanes) is 3. The van der Waals surface area contributed by atoms with Gasteiger partial charge in [0.2, 0.25) is 0 Å².